The summed E-state index contributed by atoms with van der Waals surface area (Å²) in [5.74, 6) is 9.37. The summed E-state index contributed by atoms with van der Waals surface area (Å²) in [4.78, 5) is 2.46. The predicted molar refractivity (Wildman–Crippen MR) is 102 cm³/mol. The third-order valence-corrected chi connectivity index (χ3v) is 5.76. The van der Waals surface area contributed by atoms with E-state index in [9.17, 15) is 5.11 Å². The Morgan fingerprint density at radius 3 is 2.68 bits per heavy atom. The molecule has 2 aliphatic heterocycles. The zero-order valence-electron chi connectivity index (χ0n) is 14.9. The fourth-order valence-electron chi connectivity index (χ4n) is 3.28. The summed E-state index contributed by atoms with van der Waals surface area (Å²) in [6.07, 6.45) is 4.05. The number of rotatable bonds is 5. The maximum Gasteiger partial charge on any atom is 0.162 e. The van der Waals surface area contributed by atoms with Crippen LogP contribution in [-0.4, -0.2) is 53.9 Å². The van der Waals surface area contributed by atoms with E-state index in [1.54, 1.807) is 7.11 Å². The zero-order chi connectivity index (χ0) is 17.5. The van der Waals surface area contributed by atoms with Gasteiger partial charge in [0.15, 0.2) is 11.5 Å². The molecule has 5 heteroatoms. The normalized spacial score (nSPS) is 19.9. The van der Waals surface area contributed by atoms with Crippen LogP contribution in [0.3, 0.4) is 0 Å². The van der Waals surface area contributed by atoms with Crippen molar-refractivity contribution in [2.24, 2.45) is 0 Å². The second-order valence-electron chi connectivity index (χ2n) is 6.70. The molecule has 0 saturated carbocycles. The summed E-state index contributed by atoms with van der Waals surface area (Å²) < 4.78 is 11.2. The molecule has 0 spiro atoms. The highest BCUT2D eigenvalue weighted by atomic mass is 32.2. The molecule has 2 aliphatic rings. The summed E-state index contributed by atoms with van der Waals surface area (Å²) in [5.41, 5.74) is 0.393. The minimum Gasteiger partial charge on any atom is -0.493 e. The zero-order valence-corrected chi connectivity index (χ0v) is 15.7. The molecular weight excluding hydrogens is 334 g/mol. The molecule has 0 atom stereocenters. The van der Waals surface area contributed by atoms with Gasteiger partial charge in [-0.2, -0.15) is 11.8 Å². The lowest BCUT2D eigenvalue weighted by Gasteiger charge is -2.26. The van der Waals surface area contributed by atoms with Gasteiger partial charge in [0.1, 0.15) is 12.2 Å². The van der Waals surface area contributed by atoms with E-state index in [0.29, 0.717) is 0 Å². The number of ether oxygens (including phenoxy) is 2. The summed E-state index contributed by atoms with van der Waals surface area (Å²) >= 11 is 1.87. The molecular formula is C20H27NO3S. The van der Waals surface area contributed by atoms with Crippen molar-refractivity contribution >= 4 is 11.8 Å². The van der Waals surface area contributed by atoms with Crippen LogP contribution in [0, 0.1) is 11.8 Å². The highest BCUT2D eigenvalue weighted by Gasteiger charge is 2.26. The van der Waals surface area contributed by atoms with Gasteiger partial charge in [0.25, 0.3) is 0 Å². The van der Waals surface area contributed by atoms with Gasteiger partial charge in [-0.25, -0.2) is 0 Å². The number of benzene rings is 1. The molecule has 136 valence electrons. The maximum absolute atomic E-state index is 10.4. The first kappa shape index (κ1) is 18.4. The smallest absolute Gasteiger partial charge is 0.162 e. The van der Waals surface area contributed by atoms with E-state index in [-0.39, 0.29) is 6.61 Å². The van der Waals surface area contributed by atoms with Gasteiger partial charge in [-0.3, -0.25) is 4.90 Å². The van der Waals surface area contributed by atoms with Crippen LogP contribution in [0.2, 0.25) is 0 Å². The molecule has 2 heterocycles. The summed E-state index contributed by atoms with van der Waals surface area (Å²) in [6.45, 7) is 3.55. The van der Waals surface area contributed by atoms with Crippen molar-refractivity contribution in [2.45, 2.75) is 37.8 Å². The number of thioether (sulfide) groups is 1. The second-order valence-corrected chi connectivity index (χ2v) is 7.93. The number of hydrogen-bond donors (Lipinski definition) is 1. The van der Waals surface area contributed by atoms with Crippen molar-refractivity contribution in [3.8, 4) is 23.3 Å². The Morgan fingerprint density at radius 2 is 1.96 bits per heavy atom. The first-order valence-corrected chi connectivity index (χ1v) is 10.2. The topological polar surface area (TPSA) is 41.9 Å². The minimum absolute atomic E-state index is 0.263. The van der Waals surface area contributed by atoms with Crippen molar-refractivity contribution < 1.29 is 14.6 Å². The molecule has 0 aliphatic carbocycles. The van der Waals surface area contributed by atoms with Gasteiger partial charge < -0.3 is 14.6 Å². The average molecular weight is 362 g/mol. The van der Waals surface area contributed by atoms with E-state index >= 15 is 0 Å². The van der Waals surface area contributed by atoms with Crippen LogP contribution in [0.4, 0.5) is 0 Å². The fraction of sp³-hybridized carbons (Fsp3) is 0.600. The lowest BCUT2D eigenvalue weighted by molar-refractivity contribution is 0.0925. The van der Waals surface area contributed by atoms with E-state index in [4.69, 9.17) is 9.47 Å². The van der Waals surface area contributed by atoms with E-state index in [1.165, 1.54) is 31.5 Å². The molecule has 1 aromatic carbocycles. The third kappa shape index (κ3) is 5.31. The Balaban J connectivity index is 1.60. The molecule has 4 nitrogen and oxygen atoms in total. The van der Waals surface area contributed by atoms with Crippen LogP contribution in [0.1, 0.15) is 31.2 Å². The molecule has 0 bridgehead atoms. The summed E-state index contributed by atoms with van der Waals surface area (Å²) in [5, 5.41) is 10.4. The quantitative estimate of drug-likeness (QED) is 0.817. The Hall–Kier alpha value is -1.35. The van der Waals surface area contributed by atoms with Crippen LogP contribution in [0.15, 0.2) is 18.2 Å². The molecule has 3 rings (SSSR count). The van der Waals surface area contributed by atoms with E-state index < -0.39 is 5.60 Å². The Labute approximate surface area is 154 Å². The highest BCUT2D eigenvalue weighted by molar-refractivity contribution is 7.99. The van der Waals surface area contributed by atoms with Gasteiger partial charge in [-0.05, 0) is 68.0 Å². The Morgan fingerprint density at radius 1 is 1.20 bits per heavy atom. The highest BCUT2D eigenvalue weighted by Crippen LogP contribution is 2.29. The van der Waals surface area contributed by atoms with Gasteiger partial charge in [0.2, 0.25) is 0 Å². The van der Waals surface area contributed by atoms with Crippen molar-refractivity contribution in [2.75, 3.05) is 38.3 Å². The Kier molecular flexibility index (Phi) is 6.52. The molecule has 1 aromatic rings. The first-order chi connectivity index (χ1) is 12.2. The van der Waals surface area contributed by atoms with Gasteiger partial charge in [0.05, 0.1) is 7.11 Å². The number of nitrogens with zero attached hydrogens (tertiary/aromatic N) is 1. The summed E-state index contributed by atoms with van der Waals surface area (Å²) in [6, 6.07) is 6.10. The van der Waals surface area contributed by atoms with Crippen molar-refractivity contribution in [1.82, 2.24) is 4.90 Å². The molecule has 25 heavy (non-hydrogen) atoms. The maximum atomic E-state index is 10.4. The standard InChI is InChI=1S/C20H27NO3S/c1-23-18-6-5-17(16-21-10-2-3-11-21)15-19(18)24-12-4-7-20(22)8-13-25-14-9-20/h5-6,15,22H,2-3,8-14,16H2,1H3. The number of likely N-dealkylation sites (tertiary alicyclic amines) is 1. The SMILES string of the molecule is COc1ccc(CN2CCCC2)cc1OCC#CC1(O)CCSCC1. The molecule has 2 saturated heterocycles. The van der Waals surface area contributed by atoms with Crippen LogP contribution in [0.5, 0.6) is 11.5 Å². The molecule has 0 unspecified atom stereocenters. The lowest BCUT2D eigenvalue weighted by Crippen LogP contribution is -2.31. The van der Waals surface area contributed by atoms with Crippen molar-refractivity contribution in [3.63, 3.8) is 0 Å². The Bertz CT molecular complexity index is 626. The van der Waals surface area contributed by atoms with Gasteiger partial charge in [-0.15, -0.1) is 0 Å². The summed E-state index contributed by atoms with van der Waals surface area (Å²) in [7, 11) is 1.65. The predicted octanol–water partition coefficient (Wildman–Crippen LogP) is 2.93. The van der Waals surface area contributed by atoms with Crippen molar-refractivity contribution in [1.29, 1.82) is 0 Å². The minimum atomic E-state index is -0.837. The average Bonchev–Trinajstić information content (AvgIpc) is 3.13. The van der Waals surface area contributed by atoms with E-state index in [2.05, 4.69) is 22.8 Å². The number of aliphatic hydroxyl groups is 1. The van der Waals surface area contributed by atoms with Gasteiger partial charge >= 0.3 is 0 Å². The van der Waals surface area contributed by atoms with Crippen LogP contribution in [-0.2, 0) is 6.54 Å². The molecule has 0 aromatic heterocycles. The van der Waals surface area contributed by atoms with Crippen LogP contribution in [0.25, 0.3) is 0 Å². The molecule has 0 radical (unpaired) electrons. The molecule has 2 fully saturated rings. The monoisotopic (exact) mass is 361 g/mol. The molecule has 0 amide bonds. The second kappa shape index (κ2) is 8.84. The van der Waals surface area contributed by atoms with E-state index in [1.807, 2.05) is 23.9 Å². The van der Waals surface area contributed by atoms with Gasteiger partial charge in [-0.1, -0.05) is 17.9 Å². The lowest BCUT2D eigenvalue weighted by atomic mass is 9.98. The fourth-order valence-corrected chi connectivity index (χ4v) is 4.45. The van der Waals surface area contributed by atoms with Gasteiger partial charge in [0, 0.05) is 6.54 Å². The van der Waals surface area contributed by atoms with E-state index in [0.717, 1.165) is 42.4 Å². The number of hydrogen-bond acceptors (Lipinski definition) is 5. The molecule has 1 N–H and O–H groups in total. The van der Waals surface area contributed by atoms with Crippen LogP contribution < -0.4 is 9.47 Å². The third-order valence-electron chi connectivity index (χ3n) is 4.77. The van der Waals surface area contributed by atoms with Crippen LogP contribution >= 0.6 is 11.8 Å². The first-order valence-electron chi connectivity index (χ1n) is 9.01. The largest absolute Gasteiger partial charge is 0.493 e. The van der Waals surface area contributed by atoms with Crippen molar-refractivity contribution in [3.05, 3.63) is 23.8 Å². The number of methoxy groups -OCH3 is 1.